The number of carboxylic acid groups (broad SMARTS) is 1. The summed E-state index contributed by atoms with van der Waals surface area (Å²) in [6.07, 6.45) is 0. The highest BCUT2D eigenvalue weighted by Gasteiger charge is 2.15. The Morgan fingerprint density at radius 1 is 1.06 bits per heavy atom. The Kier molecular flexibility index (Phi) is 3.15. The van der Waals surface area contributed by atoms with Crippen molar-refractivity contribution in [2.75, 3.05) is 0 Å². The Balaban J connectivity index is 2.54. The number of hydrogen-bond acceptors (Lipinski definition) is 1. The van der Waals surface area contributed by atoms with E-state index in [2.05, 4.69) is 0 Å². The van der Waals surface area contributed by atoms with Gasteiger partial charge >= 0.3 is 5.97 Å². The van der Waals surface area contributed by atoms with Crippen molar-refractivity contribution in [3.05, 3.63) is 58.9 Å². The predicted molar refractivity (Wildman–Crippen MR) is 68.3 cm³/mol. The lowest BCUT2D eigenvalue weighted by atomic mass is 9.98. The van der Waals surface area contributed by atoms with E-state index < -0.39 is 11.8 Å². The number of halogens is 1. The molecule has 92 valence electrons. The molecule has 0 aliphatic carbocycles. The van der Waals surface area contributed by atoms with Gasteiger partial charge in [-0.25, -0.2) is 9.18 Å². The van der Waals surface area contributed by atoms with Crippen molar-refractivity contribution in [2.24, 2.45) is 0 Å². The Hall–Kier alpha value is -2.16. The first kappa shape index (κ1) is 12.3. The Bertz CT molecular complexity index is 577. The second-order valence-electron chi connectivity index (χ2n) is 4.32. The minimum atomic E-state index is -1.24. The van der Waals surface area contributed by atoms with E-state index in [0.29, 0.717) is 11.1 Å². The van der Waals surface area contributed by atoms with Gasteiger partial charge in [-0.15, -0.1) is 0 Å². The van der Waals surface area contributed by atoms with Crippen LogP contribution in [0.1, 0.15) is 21.5 Å². The molecule has 1 N–H and O–H groups in total. The second-order valence-corrected chi connectivity index (χ2v) is 4.32. The van der Waals surface area contributed by atoms with Crippen LogP contribution >= 0.6 is 0 Å². The number of aromatic carboxylic acids is 1. The van der Waals surface area contributed by atoms with Gasteiger partial charge in [0.15, 0.2) is 0 Å². The molecule has 2 rings (SSSR count). The summed E-state index contributed by atoms with van der Waals surface area (Å²) in [6.45, 7) is 3.58. The van der Waals surface area contributed by atoms with Gasteiger partial charge in [-0.3, -0.25) is 0 Å². The highest BCUT2D eigenvalue weighted by Crippen LogP contribution is 2.25. The average Bonchev–Trinajstić information content (AvgIpc) is 2.28. The maximum atomic E-state index is 13.7. The molecule has 0 aromatic heterocycles. The fourth-order valence-corrected chi connectivity index (χ4v) is 1.93. The zero-order valence-corrected chi connectivity index (χ0v) is 10.2. The zero-order chi connectivity index (χ0) is 13.3. The molecule has 0 radical (unpaired) electrons. The standard InChI is InChI=1S/C15H13FO2/c1-9-3-5-11(6-4-9)12-7-10(2)14(15(17)18)13(16)8-12/h3-8H,1-2H3,(H,17,18). The van der Waals surface area contributed by atoms with Crippen LogP contribution in [-0.2, 0) is 0 Å². The van der Waals surface area contributed by atoms with Gasteiger partial charge in [0.05, 0.1) is 5.56 Å². The van der Waals surface area contributed by atoms with Crippen LogP contribution in [0.25, 0.3) is 11.1 Å². The van der Waals surface area contributed by atoms with Crippen LogP contribution in [0.15, 0.2) is 36.4 Å². The second kappa shape index (κ2) is 4.61. The summed E-state index contributed by atoms with van der Waals surface area (Å²) in [6, 6.07) is 10.6. The van der Waals surface area contributed by atoms with Crippen LogP contribution in [0, 0.1) is 19.7 Å². The molecule has 18 heavy (non-hydrogen) atoms. The molecule has 0 amide bonds. The SMILES string of the molecule is Cc1ccc(-c2cc(C)c(C(=O)O)c(F)c2)cc1. The monoisotopic (exact) mass is 244 g/mol. The first-order valence-corrected chi connectivity index (χ1v) is 5.59. The van der Waals surface area contributed by atoms with Crippen molar-refractivity contribution in [1.29, 1.82) is 0 Å². The molecular weight excluding hydrogens is 231 g/mol. The number of rotatable bonds is 2. The smallest absolute Gasteiger partial charge is 0.338 e. The van der Waals surface area contributed by atoms with Crippen LogP contribution in [0.3, 0.4) is 0 Å². The van der Waals surface area contributed by atoms with E-state index in [1.54, 1.807) is 13.0 Å². The van der Waals surface area contributed by atoms with Gasteiger partial charge in [0, 0.05) is 0 Å². The quantitative estimate of drug-likeness (QED) is 0.872. The molecule has 2 aromatic carbocycles. The average molecular weight is 244 g/mol. The fraction of sp³-hybridized carbons (Fsp3) is 0.133. The van der Waals surface area contributed by atoms with E-state index >= 15 is 0 Å². The first-order valence-electron chi connectivity index (χ1n) is 5.59. The van der Waals surface area contributed by atoms with Crippen molar-refractivity contribution < 1.29 is 14.3 Å². The first-order chi connectivity index (χ1) is 8.49. The van der Waals surface area contributed by atoms with Crippen molar-refractivity contribution in [3.63, 3.8) is 0 Å². The minimum Gasteiger partial charge on any atom is -0.478 e. The summed E-state index contributed by atoms with van der Waals surface area (Å²) in [4.78, 5) is 10.9. The van der Waals surface area contributed by atoms with Crippen LogP contribution in [0.5, 0.6) is 0 Å². The van der Waals surface area contributed by atoms with E-state index in [1.807, 2.05) is 31.2 Å². The summed E-state index contributed by atoms with van der Waals surface area (Å²) in [5.41, 5.74) is 2.86. The van der Waals surface area contributed by atoms with Gasteiger partial charge in [0.25, 0.3) is 0 Å². The molecular formula is C15H13FO2. The van der Waals surface area contributed by atoms with Gasteiger partial charge in [-0.05, 0) is 36.6 Å². The molecule has 2 aromatic rings. The number of hydrogen-bond donors (Lipinski definition) is 1. The van der Waals surface area contributed by atoms with E-state index in [-0.39, 0.29) is 5.56 Å². The van der Waals surface area contributed by atoms with Crippen LogP contribution < -0.4 is 0 Å². The lowest BCUT2D eigenvalue weighted by Gasteiger charge is -2.07. The third-order valence-corrected chi connectivity index (χ3v) is 2.89. The summed E-state index contributed by atoms with van der Waals surface area (Å²) in [5.74, 6) is -1.93. The lowest BCUT2D eigenvalue weighted by Crippen LogP contribution is -2.04. The molecule has 0 saturated carbocycles. The summed E-state index contributed by atoms with van der Waals surface area (Å²) in [7, 11) is 0. The number of benzene rings is 2. The zero-order valence-electron chi connectivity index (χ0n) is 10.2. The van der Waals surface area contributed by atoms with Crippen molar-refractivity contribution >= 4 is 5.97 Å². The van der Waals surface area contributed by atoms with E-state index in [9.17, 15) is 9.18 Å². The molecule has 0 unspecified atom stereocenters. The van der Waals surface area contributed by atoms with Crippen LogP contribution in [0.4, 0.5) is 4.39 Å². The Labute approximate surface area is 105 Å². The summed E-state index contributed by atoms with van der Waals surface area (Å²) in [5, 5.41) is 8.90. The van der Waals surface area contributed by atoms with E-state index in [1.165, 1.54) is 6.07 Å². The van der Waals surface area contributed by atoms with Gasteiger partial charge in [-0.1, -0.05) is 35.9 Å². The van der Waals surface area contributed by atoms with Gasteiger partial charge in [0.1, 0.15) is 5.82 Å². The molecule has 0 aliphatic heterocycles. The molecule has 0 saturated heterocycles. The molecule has 0 spiro atoms. The van der Waals surface area contributed by atoms with Crippen molar-refractivity contribution in [3.8, 4) is 11.1 Å². The normalized spacial score (nSPS) is 10.4. The molecule has 0 bridgehead atoms. The van der Waals surface area contributed by atoms with E-state index in [0.717, 1.165) is 11.1 Å². The summed E-state index contributed by atoms with van der Waals surface area (Å²) >= 11 is 0. The molecule has 0 aliphatic rings. The third-order valence-electron chi connectivity index (χ3n) is 2.89. The highest BCUT2D eigenvalue weighted by atomic mass is 19.1. The maximum absolute atomic E-state index is 13.7. The highest BCUT2D eigenvalue weighted by molar-refractivity contribution is 5.90. The lowest BCUT2D eigenvalue weighted by molar-refractivity contribution is 0.0691. The number of aryl methyl sites for hydroxylation is 2. The van der Waals surface area contributed by atoms with E-state index in [4.69, 9.17) is 5.11 Å². The van der Waals surface area contributed by atoms with Crippen LogP contribution in [0.2, 0.25) is 0 Å². The molecule has 2 nitrogen and oxygen atoms in total. The van der Waals surface area contributed by atoms with Gasteiger partial charge < -0.3 is 5.11 Å². The minimum absolute atomic E-state index is 0.258. The molecule has 0 heterocycles. The fourth-order valence-electron chi connectivity index (χ4n) is 1.93. The largest absolute Gasteiger partial charge is 0.478 e. The number of carbonyl (C=O) groups is 1. The summed E-state index contributed by atoms with van der Waals surface area (Å²) < 4.78 is 13.7. The molecule has 3 heteroatoms. The topological polar surface area (TPSA) is 37.3 Å². The van der Waals surface area contributed by atoms with Crippen LogP contribution in [-0.4, -0.2) is 11.1 Å². The van der Waals surface area contributed by atoms with Gasteiger partial charge in [0.2, 0.25) is 0 Å². The van der Waals surface area contributed by atoms with Gasteiger partial charge in [-0.2, -0.15) is 0 Å². The molecule has 0 fully saturated rings. The number of carboxylic acids is 1. The third kappa shape index (κ3) is 2.25. The Morgan fingerprint density at radius 2 is 1.67 bits per heavy atom. The van der Waals surface area contributed by atoms with Crippen molar-refractivity contribution in [1.82, 2.24) is 0 Å². The predicted octanol–water partition coefficient (Wildman–Crippen LogP) is 3.81. The maximum Gasteiger partial charge on any atom is 0.338 e. The van der Waals surface area contributed by atoms with Crippen molar-refractivity contribution in [2.45, 2.75) is 13.8 Å². The molecule has 0 atom stereocenters. The Morgan fingerprint density at radius 3 is 2.17 bits per heavy atom.